The van der Waals surface area contributed by atoms with Gasteiger partial charge in [-0.15, -0.1) is 11.3 Å². The van der Waals surface area contributed by atoms with E-state index in [9.17, 15) is 4.39 Å². The van der Waals surface area contributed by atoms with Crippen molar-refractivity contribution in [2.24, 2.45) is 0 Å². The normalized spacial score (nSPS) is 12.6. The van der Waals surface area contributed by atoms with E-state index in [0.717, 1.165) is 18.5 Å². The van der Waals surface area contributed by atoms with Gasteiger partial charge in [0.15, 0.2) is 0 Å². The zero-order valence-electron chi connectivity index (χ0n) is 10.1. The van der Waals surface area contributed by atoms with Gasteiger partial charge in [-0.1, -0.05) is 23.7 Å². The Morgan fingerprint density at radius 1 is 1.39 bits per heavy atom. The van der Waals surface area contributed by atoms with Crippen LogP contribution in [0.1, 0.15) is 23.4 Å². The topological polar surface area (TPSA) is 12.0 Å². The quantitative estimate of drug-likeness (QED) is 0.856. The van der Waals surface area contributed by atoms with Crippen molar-refractivity contribution in [1.29, 1.82) is 0 Å². The predicted octanol–water partition coefficient (Wildman–Crippen LogP) is 4.43. The number of nitrogens with one attached hydrogen (secondary N) is 1. The maximum absolute atomic E-state index is 13.0. The minimum Gasteiger partial charge on any atom is -0.310 e. The average molecular weight is 284 g/mol. The number of benzene rings is 1. The smallest absolute Gasteiger partial charge is 0.141 e. The first-order valence-electron chi connectivity index (χ1n) is 5.87. The third-order valence-electron chi connectivity index (χ3n) is 2.85. The lowest BCUT2D eigenvalue weighted by atomic mass is 10.1. The molecule has 0 fully saturated rings. The molecule has 0 amide bonds. The first-order chi connectivity index (χ1) is 8.66. The SMILES string of the molecule is CC(NCCc1cccs1)c1ccc(F)c(Cl)c1. The second-order valence-corrected chi connectivity index (χ2v) is 5.62. The Bertz CT molecular complexity index is 499. The summed E-state index contributed by atoms with van der Waals surface area (Å²) in [6.07, 6.45) is 1.01. The van der Waals surface area contributed by atoms with E-state index in [2.05, 4.69) is 29.8 Å². The summed E-state index contributed by atoms with van der Waals surface area (Å²) in [5.74, 6) is -0.369. The van der Waals surface area contributed by atoms with Crippen molar-refractivity contribution >= 4 is 22.9 Å². The molecule has 0 aliphatic carbocycles. The van der Waals surface area contributed by atoms with Gasteiger partial charge in [0, 0.05) is 17.5 Å². The largest absolute Gasteiger partial charge is 0.310 e. The van der Waals surface area contributed by atoms with Crippen LogP contribution in [0.4, 0.5) is 4.39 Å². The minimum atomic E-state index is -0.369. The second kappa shape index (κ2) is 6.32. The molecule has 1 heterocycles. The highest BCUT2D eigenvalue weighted by molar-refractivity contribution is 7.09. The molecule has 1 nitrogen and oxygen atoms in total. The Balaban J connectivity index is 1.87. The average Bonchev–Trinajstić information content (AvgIpc) is 2.85. The second-order valence-electron chi connectivity index (χ2n) is 4.18. The van der Waals surface area contributed by atoms with E-state index in [0.29, 0.717) is 0 Å². The zero-order valence-corrected chi connectivity index (χ0v) is 11.7. The van der Waals surface area contributed by atoms with Gasteiger partial charge in [-0.25, -0.2) is 4.39 Å². The lowest BCUT2D eigenvalue weighted by molar-refractivity contribution is 0.575. The van der Waals surface area contributed by atoms with Crippen molar-refractivity contribution in [1.82, 2.24) is 5.32 Å². The molecule has 1 aromatic carbocycles. The highest BCUT2D eigenvalue weighted by atomic mass is 35.5. The lowest BCUT2D eigenvalue weighted by Gasteiger charge is -2.14. The maximum atomic E-state index is 13.0. The first kappa shape index (κ1) is 13.5. The third kappa shape index (κ3) is 3.55. The van der Waals surface area contributed by atoms with E-state index in [1.807, 2.05) is 0 Å². The van der Waals surface area contributed by atoms with Crippen molar-refractivity contribution in [3.05, 3.63) is 57.0 Å². The van der Waals surface area contributed by atoms with Crippen LogP contribution in [0.2, 0.25) is 5.02 Å². The van der Waals surface area contributed by atoms with Gasteiger partial charge in [-0.2, -0.15) is 0 Å². The minimum absolute atomic E-state index is 0.170. The van der Waals surface area contributed by atoms with E-state index in [-0.39, 0.29) is 16.9 Å². The van der Waals surface area contributed by atoms with Gasteiger partial charge >= 0.3 is 0 Å². The van der Waals surface area contributed by atoms with Crippen LogP contribution in [0.15, 0.2) is 35.7 Å². The monoisotopic (exact) mass is 283 g/mol. The van der Waals surface area contributed by atoms with E-state index in [1.54, 1.807) is 23.5 Å². The lowest BCUT2D eigenvalue weighted by Crippen LogP contribution is -2.21. The van der Waals surface area contributed by atoms with Crippen molar-refractivity contribution in [3.8, 4) is 0 Å². The molecule has 4 heteroatoms. The molecule has 0 aliphatic heterocycles. The fourth-order valence-electron chi connectivity index (χ4n) is 1.77. The summed E-state index contributed by atoms with van der Waals surface area (Å²) in [6.45, 7) is 2.95. The van der Waals surface area contributed by atoms with Crippen LogP contribution in [0.5, 0.6) is 0 Å². The molecular weight excluding hydrogens is 269 g/mol. The Morgan fingerprint density at radius 2 is 2.22 bits per heavy atom. The van der Waals surface area contributed by atoms with Crippen LogP contribution in [0.3, 0.4) is 0 Å². The van der Waals surface area contributed by atoms with Crippen molar-refractivity contribution in [2.75, 3.05) is 6.54 Å². The first-order valence-corrected chi connectivity index (χ1v) is 7.13. The highest BCUT2D eigenvalue weighted by Crippen LogP contribution is 2.20. The summed E-state index contributed by atoms with van der Waals surface area (Å²) < 4.78 is 13.0. The molecule has 1 atom stereocenters. The van der Waals surface area contributed by atoms with Gasteiger partial charge in [-0.3, -0.25) is 0 Å². The molecule has 0 saturated carbocycles. The highest BCUT2D eigenvalue weighted by Gasteiger charge is 2.07. The molecule has 96 valence electrons. The third-order valence-corrected chi connectivity index (χ3v) is 4.07. The van der Waals surface area contributed by atoms with Crippen LogP contribution < -0.4 is 5.32 Å². The van der Waals surface area contributed by atoms with Gasteiger partial charge in [0.25, 0.3) is 0 Å². The summed E-state index contributed by atoms with van der Waals surface area (Å²) in [5.41, 5.74) is 1.01. The van der Waals surface area contributed by atoms with Crippen molar-refractivity contribution in [3.63, 3.8) is 0 Å². The van der Waals surface area contributed by atoms with Crippen LogP contribution in [-0.4, -0.2) is 6.54 Å². The summed E-state index contributed by atoms with van der Waals surface area (Å²) in [7, 11) is 0. The van der Waals surface area contributed by atoms with Crippen LogP contribution >= 0.6 is 22.9 Å². The molecule has 0 bridgehead atoms. The van der Waals surface area contributed by atoms with Gasteiger partial charge < -0.3 is 5.32 Å². The zero-order chi connectivity index (χ0) is 13.0. The van der Waals surface area contributed by atoms with E-state index in [1.165, 1.54) is 10.9 Å². The number of hydrogen-bond donors (Lipinski definition) is 1. The van der Waals surface area contributed by atoms with Crippen molar-refractivity contribution < 1.29 is 4.39 Å². The molecule has 0 radical (unpaired) electrons. The summed E-state index contributed by atoms with van der Waals surface area (Å²) in [6, 6.07) is 9.22. The molecule has 2 rings (SSSR count). The predicted molar refractivity (Wildman–Crippen MR) is 75.9 cm³/mol. The molecule has 0 saturated heterocycles. The molecule has 0 spiro atoms. The van der Waals surface area contributed by atoms with E-state index >= 15 is 0 Å². The number of hydrogen-bond acceptors (Lipinski definition) is 2. The van der Waals surface area contributed by atoms with Crippen LogP contribution in [0.25, 0.3) is 0 Å². The van der Waals surface area contributed by atoms with Crippen LogP contribution in [-0.2, 0) is 6.42 Å². The molecular formula is C14H15ClFNS. The maximum Gasteiger partial charge on any atom is 0.141 e. The molecule has 1 unspecified atom stereocenters. The Labute approximate surface area is 116 Å². The van der Waals surface area contributed by atoms with E-state index in [4.69, 9.17) is 11.6 Å². The number of rotatable bonds is 5. The Hall–Kier alpha value is -0.900. The summed E-state index contributed by atoms with van der Waals surface area (Å²) >= 11 is 7.54. The molecule has 1 aromatic heterocycles. The standard InChI is InChI=1S/C14H15ClFNS/c1-10(11-4-5-14(16)13(15)9-11)17-7-6-12-3-2-8-18-12/h2-5,8-10,17H,6-7H2,1H3. The molecule has 18 heavy (non-hydrogen) atoms. The summed E-state index contributed by atoms with van der Waals surface area (Å²) in [5, 5.41) is 5.67. The van der Waals surface area contributed by atoms with Gasteiger partial charge in [-0.05, 0) is 42.5 Å². The Kier molecular flexibility index (Phi) is 4.75. The molecule has 0 aliphatic rings. The summed E-state index contributed by atoms with van der Waals surface area (Å²) in [4.78, 5) is 1.37. The fraction of sp³-hybridized carbons (Fsp3) is 0.286. The number of thiophene rings is 1. The van der Waals surface area contributed by atoms with Crippen molar-refractivity contribution in [2.45, 2.75) is 19.4 Å². The Morgan fingerprint density at radius 3 is 2.89 bits per heavy atom. The van der Waals surface area contributed by atoms with Gasteiger partial charge in [0.1, 0.15) is 5.82 Å². The van der Waals surface area contributed by atoms with Crippen LogP contribution in [0, 0.1) is 5.82 Å². The molecule has 1 N–H and O–H groups in total. The van der Waals surface area contributed by atoms with Gasteiger partial charge in [0.2, 0.25) is 0 Å². The van der Waals surface area contributed by atoms with Gasteiger partial charge in [0.05, 0.1) is 5.02 Å². The number of halogens is 2. The van der Waals surface area contributed by atoms with E-state index < -0.39 is 0 Å². The fourth-order valence-corrected chi connectivity index (χ4v) is 2.66. The molecule has 2 aromatic rings.